The molecular formula is C19H22N2O5. The normalized spacial score (nSPS) is 21.1. The zero-order chi connectivity index (χ0) is 18.6. The lowest BCUT2D eigenvalue weighted by molar-refractivity contribution is -0.133. The molecule has 3 rings (SSSR count). The maximum absolute atomic E-state index is 12.9. The minimum Gasteiger partial charge on any atom is -0.467 e. The predicted molar refractivity (Wildman–Crippen MR) is 93.0 cm³/mol. The Morgan fingerprint density at radius 2 is 2.00 bits per heavy atom. The predicted octanol–water partition coefficient (Wildman–Crippen LogP) is 2.01. The number of hydrogen-bond donors (Lipinski definition) is 2. The van der Waals surface area contributed by atoms with Crippen LogP contribution in [0.4, 0.5) is 4.79 Å². The molecule has 7 heteroatoms. The van der Waals surface area contributed by atoms with Crippen molar-refractivity contribution in [1.29, 1.82) is 0 Å². The smallest absolute Gasteiger partial charge is 0.325 e. The molecule has 0 spiro atoms. The van der Waals surface area contributed by atoms with Crippen LogP contribution in [0.25, 0.3) is 0 Å². The number of carbonyl (C=O) groups excluding carboxylic acids is 2. The molecule has 1 fully saturated rings. The third-order valence-corrected chi connectivity index (χ3v) is 4.50. The number of carbonyl (C=O) groups is 2. The average molecular weight is 358 g/mol. The summed E-state index contributed by atoms with van der Waals surface area (Å²) in [6, 6.07) is 12.1. The van der Waals surface area contributed by atoms with E-state index in [1.54, 1.807) is 12.1 Å². The van der Waals surface area contributed by atoms with Gasteiger partial charge in [0.25, 0.3) is 5.91 Å². The molecule has 1 aliphatic heterocycles. The van der Waals surface area contributed by atoms with Crippen molar-refractivity contribution in [3.63, 3.8) is 0 Å². The second-order valence-electron chi connectivity index (χ2n) is 6.22. The van der Waals surface area contributed by atoms with Crippen molar-refractivity contribution in [2.75, 3.05) is 13.2 Å². The topological polar surface area (TPSA) is 92.0 Å². The lowest BCUT2D eigenvalue weighted by Crippen LogP contribution is -2.44. The molecule has 1 aromatic heterocycles. The second kappa shape index (κ2) is 7.72. The zero-order valence-corrected chi connectivity index (χ0v) is 14.6. The number of ether oxygens (including phenoxy) is 1. The van der Waals surface area contributed by atoms with Crippen LogP contribution in [-0.2, 0) is 21.7 Å². The average Bonchev–Trinajstić information content (AvgIpc) is 3.25. The van der Waals surface area contributed by atoms with Crippen LogP contribution in [0.5, 0.6) is 0 Å². The Morgan fingerprint density at radius 1 is 1.23 bits per heavy atom. The first kappa shape index (κ1) is 18.2. The first-order valence-corrected chi connectivity index (χ1v) is 8.54. The Morgan fingerprint density at radius 3 is 2.65 bits per heavy atom. The summed E-state index contributed by atoms with van der Waals surface area (Å²) in [5.74, 6) is 0.280. The Hall–Kier alpha value is -2.64. The fourth-order valence-electron chi connectivity index (χ4n) is 3.11. The standard InChI is InChI=1S/C19H22N2O5/c1-2-19(14-7-4-3-5-8-14)17(23)21(18(24)20-19)11-15(22)12-25-13-16-9-6-10-26-16/h3-10,15,22H,2,11-13H2,1H3,(H,20,24)/t15-,19+/m0/s1. The molecule has 0 saturated carbocycles. The van der Waals surface area contributed by atoms with Crippen molar-refractivity contribution in [2.45, 2.75) is 31.6 Å². The largest absolute Gasteiger partial charge is 0.467 e. The number of aliphatic hydroxyl groups is 1. The SMILES string of the molecule is CC[C@]1(c2ccccc2)NC(=O)N(C[C@H](O)COCc2ccco2)C1=O. The number of hydrogen-bond acceptors (Lipinski definition) is 5. The summed E-state index contributed by atoms with van der Waals surface area (Å²) in [5.41, 5.74) is -0.362. The number of aliphatic hydroxyl groups excluding tert-OH is 1. The van der Waals surface area contributed by atoms with E-state index in [1.807, 2.05) is 37.3 Å². The van der Waals surface area contributed by atoms with Gasteiger partial charge in [-0.2, -0.15) is 0 Å². The van der Waals surface area contributed by atoms with Gasteiger partial charge in [0.2, 0.25) is 0 Å². The third-order valence-electron chi connectivity index (χ3n) is 4.50. The molecule has 0 radical (unpaired) electrons. The lowest BCUT2D eigenvalue weighted by Gasteiger charge is -2.26. The van der Waals surface area contributed by atoms with E-state index in [0.29, 0.717) is 12.2 Å². The molecule has 0 bridgehead atoms. The number of urea groups is 1. The number of rotatable bonds is 8. The summed E-state index contributed by atoms with van der Waals surface area (Å²) in [6.07, 6.45) is 0.975. The highest BCUT2D eigenvalue weighted by Crippen LogP contribution is 2.32. The Kier molecular flexibility index (Phi) is 5.39. The highest BCUT2D eigenvalue weighted by Gasteiger charge is 2.51. The molecule has 0 aliphatic carbocycles. The Balaban J connectivity index is 1.63. The van der Waals surface area contributed by atoms with E-state index in [1.165, 1.54) is 6.26 Å². The van der Waals surface area contributed by atoms with Gasteiger partial charge in [-0.3, -0.25) is 9.69 Å². The number of nitrogens with one attached hydrogen (secondary N) is 1. The van der Waals surface area contributed by atoms with Gasteiger partial charge in [0, 0.05) is 0 Å². The first-order chi connectivity index (χ1) is 12.6. The van der Waals surface area contributed by atoms with Gasteiger partial charge < -0.3 is 19.6 Å². The molecular weight excluding hydrogens is 336 g/mol. The fourth-order valence-corrected chi connectivity index (χ4v) is 3.11. The Bertz CT molecular complexity index is 747. The van der Waals surface area contributed by atoms with E-state index in [9.17, 15) is 14.7 Å². The lowest BCUT2D eigenvalue weighted by atomic mass is 9.87. The summed E-state index contributed by atoms with van der Waals surface area (Å²) in [5, 5.41) is 12.9. The van der Waals surface area contributed by atoms with Crippen LogP contribution >= 0.6 is 0 Å². The summed E-state index contributed by atoms with van der Waals surface area (Å²) < 4.78 is 10.5. The third kappa shape index (κ3) is 3.49. The van der Waals surface area contributed by atoms with Crippen molar-refractivity contribution in [1.82, 2.24) is 10.2 Å². The number of benzene rings is 1. The second-order valence-corrected chi connectivity index (χ2v) is 6.22. The minimum atomic E-state index is -1.09. The molecule has 26 heavy (non-hydrogen) atoms. The van der Waals surface area contributed by atoms with Gasteiger partial charge in [-0.15, -0.1) is 0 Å². The molecule has 0 unspecified atom stereocenters. The number of nitrogens with zero attached hydrogens (tertiary/aromatic N) is 1. The van der Waals surface area contributed by atoms with Crippen LogP contribution < -0.4 is 5.32 Å². The van der Waals surface area contributed by atoms with E-state index in [0.717, 1.165) is 10.5 Å². The first-order valence-electron chi connectivity index (χ1n) is 8.54. The number of furan rings is 1. The van der Waals surface area contributed by atoms with Crippen molar-refractivity contribution in [3.05, 3.63) is 60.1 Å². The van der Waals surface area contributed by atoms with Crippen molar-refractivity contribution >= 4 is 11.9 Å². The minimum absolute atomic E-state index is 0.0117. The van der Waals surface area contributed by atoms with Gasteiger partial charge in [0.05, 0.1) is 25.5 Å². The molecule has 2 heterocycles. The molecule has 3 amide bonds. The molecule has 2 aromatic rings. The number of β-amino-alcohol motifs (C(OH)–C–C–N with tert-alkyl or cyclic N) is 1. The van der Waals surface area contributed by atoms with Gasteiger partial charge in [0.15, 0.2) is 0 Å². The fraction of sp³-hybridized carbons (Fsp3) is 0.368. The number of amides is 3. The van der Waals surface area contributed by atoms with Gasteiger partial charge in [0.1, 0.15) is 17.9 Å². The molecule has 138 valence electrons. The highest BCUT2D eigenvalue weighted by atomic mass is 16.5. The quantitative estimate of drug-likeness (QED) is 0.705. The van der Waals surface area contributed by atoms with Gasteiger partial charge in [-0.05, 0) is 24.1 Å². The van der Waals surface area contributed by atoms with E-state index in [-0.39, 0.29) is 25.7 Å². The van der Waals surface area contributed by atoms with Crippen LogP contribution in [0.2, 0.25) is 0 Å². The molecule has 1 aliphatic rings. The van der Waals surface area contributed by atoms with Crippen LogP contribution in [-0.4, -0.2) is 41.2 Å². The van der Waals surface area contributed by atoms with Crippen molar-refractivity contribution in [3.8, 4) is 0 Å². The van der Waals surface area contributed by atoms with Crippen LogP contribution in [0.15, 0.2) is 53.1 Å². The molecule has 2 N–H and O–H groups in total. The molecule has 1 aromatic carbocycles. The maximum Gasteiger partial charge on any atom is 0.325 e. The maximum atomic E-state index is 12.9. The Labute approximate surface area is 151 Å². The van der Waals surface area contributed by atoms with E-state index in [4.69, 9.17) is 9.15 Å². The molecule has 2 atom stereocenters. The van der Waals surface area contributed by atoms with E-state index < -0.39 is 17.7 Å². The van der Waals surface area contributed by atoms with Crippen LogP contribution in [0.1, 0.15) is 24.7 Å². The van der Waals surface area contributed by atoms with Crippen molar-refractivity contribution < 1.29 is 23.8 Å². The van der Waals surface area contributed by atoms with Crippen molar-refractivity contribution in [2.24, 2.45) is 0 Å². The summed E-state index contributed by atoms with van der Waals surface area (Å²) in [4.78, 5) is 26.3. The van der Waals surface area contributed by atoms with E-state index >= 15 is 0 Å². The zero-order valence-electron chi connectivity index (χ0n) is 14.6. The van der Waals surface area contributed by atoms with Gasteiger partial charge in [-0.1, -0.05) is 37.3 Å². The molecule has 1 saturated heterocycles. The monoisotopic (exact) mass is 358 g/mol. The van der Waals surface area contributed by atoms with Gasteiger partial charge >= 0.3 is 6.03 Å². The van der Waals surface area contributed by atoms with Gasteiger partial charge in [-0.25, -0.2) is 4.79 Å². The number of imide groups is 1. The van der Waals surface area contributed by atoms with Crippen LogP contribution in [0, 0.1) is 0 Å². The van der Waals surface area contributed by atoms with Crippen LogP contribution in [0.3, 0.4) is 0 Å². The highest BCUT2D eigenvalue weighted by molar-refractivity contribution is 6.07. The molecule has 7 nitrogen and oxygen atoms in total. The summed E-state index contributed by atoms with van der Waals surface area (Å²) >= 11 is 0. The summed E-state index contributed by atoms with van der Waals surface area (Å²) in [7, 11) is 0. The van der Waals surface area contributed by atoms with E-state index in [2.05, 4.69) is 5.32 Å². The summed E-state index contributed by atoms with van der Waals surface area (Å²) in [6.45, 7) is 1.92.